The molecule has 1 aromatic heterocycles. The molecule has 0 spiro atoms. The van der Waals surface area contributed by atoms with E-state index in [-0.39, 0.29) is 18.1 Å². The molecule has 7 heteroatoms. The summed E-state index contributed by atoms with van der Waals surface area (Å²) < 4.78 is 0. The molecule has 0 saturated carbocycles. The number of amides is 1. The van der Waals surface area contributed by atoms with Gasteiger partial charge in [0.1, 0.15) is 0 Å². The van der Waals surface area contributed by atoms with Crippen LogP contribution in [0.25, 0.3) is 0 Å². The van der Waals surface area contributed by atoms with Gasteiger partial charge in [-0.25, -0.2) is 0 Å². The van der Waals surface area contributed by atoms with Crippen molar-refractivity contribution >= 4 is 17.3 Å². The molecule has 0 aliphatic heterocycles. The van der Waals surface area contributed by atoms with Gasteiger partial charge in [0.25, 0.3) is 11.6 Å². The number of carbonyl (C=O) groups excluding carboxylic acids is 1. The van der Waals surface area contributed by atoms with Crippen molar-refractivity contribution in [1.29, 1.82) is 0 Å². The van der Waals surface area contributed by atoms with Crippen LogP contribution in [0.15, 0.2) is 42.7 Å². The van der Waals surface area contributed by atoms with Crippen LogP contribution >= 0.6 is 0 Å². The third kappa shape index (κ3) is 3.33. The molecule has 1 amide bonds. The van der Waals surface area contributed by atoms with E-state index in [1.54, 1.807) is 37.5 Å². The third-order valence-electron chi connectivity index (χ3n) is 2.96. The van der Waals surface area contributed by atoms with Gasteiger partial charge < -0.3 is 10.6 Å². The van der Waals surface area contributed by atoms with E-state index < -0.39 is 4.92 Å². The molecule has 108 valence electrons. The number of nitro benzene ring substituents is 1. The van der Waals surface area contributed by atoms with Crippen LogP contribution in [0.5, 0.6) is 0 Å². The van der Waals surface area contributed by atoms with Crippen molar-refractivity contribution < 1.29 is 9.72 Å². The first kappa shape index (κ1) is 14.4. The second kappa shape index (κ2) is 6.47. The molecule has 2 N–H and O–H groups in total. The highest BCUT2D eigenvalue weighted by atomic mass is 16.6. The Labute approximate surface area is 121 Å². The van der Waals surface area contributed by atoms with Crippen LogP contribution in [0.2, 0.25) is 0 Å². The quantitative estimate of drug-likeness (QED) is 0.647. The van der Waals surface area contributed by atoms with E-state index in [0.717, 1.165) is 0 Å². The Morgan fingerprint density at radius 3 is 2.81 bits per heavy atom. The van der Waals surface area contributed by atoms with Gasteiger partial charge in [-0.15, -0.1) is 0 Å². The highest BCUT2D eigenvalue weighted by Crippen LogP contribution is 2.18. The van der Waals surface area contributed by atoms with Gasteiger partial charge in [0, 0.05) is 31.4 Å². The fourth-order valence-corrected chi connectivity index (χ4v) is 1.90. The Morgan fingerprint density at radius 2 is 2.10 bits per heavy atom. The number of pyridine rings is 1. The molecule has 1 heterocycles. The lowest BCUT2D eigenvalue weighted by molar-refractivity contribution is -0.385. The number of para-hydroxylation sites is 1. The summed E-state index contributed by atoms with van der Waals surface area (Å²) in [5, 5.41) is 16.5. The summed E-state index contributed by atoms with van der Waals surface area (Å²) in [5.41, 5.74) is 1.47. The zero-order valence-electron chi connectivity index (χ0n) is 11.4. The SMILES string of the molecule is CNc1cnccc1C(=O)NCc1ccccc1[N+](=O)[O-]. The zero-order chi connectivity index (χ0) is 15.2. The van der Waals surface area contributed by atoms with Gasteiger partial charge in [0.2, 0.25) is 0 Å². The van der Waals surface area contributed by atoms with Crippen molar-refractivity contribution in [3.63, 3.8) is 0 Å². The van der Waals surface area contributed by atoms with Crippen molar-refractivity contribution in [2.75, 3.05) is 12.4 Å². The lowest BCUT2D eigenvalue weighted by atomic mass is 10.1. The van der Waals surface area contributed by atoms with Crippen LogP contribution in [-0.4, -0.2) is 22.9 Å². The molecule has 0 aliphatic carbocycles. The minimum atomic E-state index is -0.465. The van der Waals surface area contributed by atoms with E-state index in [0.29, 0.717) is 16.8 Å². The van der Waals surface area contributed by atoms with Crippen molar-refractivity contribution in [3.8, 4) is 0 Å². The van der Waals surface area contributed by atoms with E-state index in [1.165, 1.54) is 12.3 Å². The molecule has 0 unspecified atom stereocenters. The molecule has 2 aromatic rings. The molecular weight excluding hydrogens is 272 g/mol. The third-order valence-corrected chi connectivity index (χ3v) is 2.96. The van der Waals surface area contributed by atoms with Gasteiger partial charge in [-0.1, -0.05) is 18.2 Å². The molecule has 0 radical (unpaired) electrons. The largest absolute Gasteiger partial charge is 0.386 e. The Bertz CT molecular complexity index is 673. The number of benzene rings is 1. The van der Waals surface area contributed by atoms with Crippen LogP contribution in [-0.2, 0) is 6.54 Å². The minimum Gasteiger partial charge on any atom is -0.386 e. The van der Waals surface area contributed by atoms with Gasteiger partial charge >= 0.3 is 0 Å². The molecule has 0 atom stereocenters. The number of hydrogen-bond donors (Lipinski definition) is 2. The van der Waals surface area contributed by atoms with Gasteiger partial charge in [-0.3, -0.25) is 19.9 Å². The zero-order valence-corrected chi connectivity index (χ0v) is 11.4. The van der Waals surface area contributed by atoms with Crippen molar-refractivity contribution in [3.05, 3.63) is 64.0 Å². The Hall–Kier alpha value is -2.96. The summed E-state index contributed by atoms with van der Waals surface area (Å²) in [5.74, 6) is -0.320. The average Bonchev–Trinajstić information content (AvgIpc) is 2.52. The maximum absolute atomic E-state index is 12.1. The molecular formula is C14H14N4O3. The number of rotatable bonds is 5. The summed E-state index contributed by atoms with van der Waals surface area (Å²) in [6, 6.07) is 7.89. The Kier molecular flexibility index (Phi) is 4.45. The molecule has 0 fully saturated rings. The van der Waals surface area contributed by atoms with Gasteiger partial charge in [0.15, 0.2) is 0 Å². The van der Waals surface area contributed by atoms with Crippen LogP contribution in [0.1, 0.15) is 15.9 Å². The van der Waals surface area contributed by atoms with Crippen molar-refractivity contribution in [2.24, 2.45) is 0 Å². The van der Waals surface area contributed by atoms with E-state index >= 15 is 0 Å². The second-order valence-corrected chi connectivity index (χ2v) is 4.24. The fraction of sp³-hybridized carbons (Fsp3) is 0.143. The average molecular weight is 286 g/mol. The van der Waals surface area contributed by atoms with Crippen molar-refractivity contribution in [2.45, 2.75) is 6.54 Å². The maximum Gasteiger partial charge on any atom is 0.274 e. The normalized spacial score (nSPS) is 9.95. The minimum absolute atomic E-state index is 0.0126. The topological polar surface area (TPSA) is 97.2 Å². The second-order valence-electron chi connectivity index (χ2n) is 4.24. The molecule has 1 aromatic carbocycles. The lowest BCUT2D eigenvalue weighted by Crippen LogP contribution is -2.24. The fourth-order valence-electron chi connectivity index (χ4n) is 1.90. The molecule has 0 bridgehead atoms. The van der Waals surface area contributed by atoms with E-state index in [2.05, 4.69) is 15.6 Å². The van der Waals surface area contributed by atoms with Crippen LogP contribution in [0, 0.1) is 10.1 Å². The standard InChI is InChI=1S/C14H14N4O3/c1-15-12-9-16-7-6-11(12)14(19)17-8-10-4-2-3-5-13(10)18(20)21/h2-7,9,15H,8H2,1H3,(H,17,19). The van der Waals surface area contributed by atoms with Crippen molar-refractivity contribution in [1.82, 2.24) is 10.3 Å². The number of anilines is 1. The van der Waals surface area contributed by atoms with E-state index in [9.17, 15) is 14.9 Å². The predicted molar refractivity (Wildman–Crippen MR) is 78.1 cm³/mol. The number of carbonyl (C=O) groups is 1. The summed E-state index contributed by atoms with van der Waals surface area (Å²) in [4.78, 5) is 26.5. The number of hydrogen-bond acceptors (Lipinski definition) is 5. The number of nitrogens with zero attached hydrogens (tertiary/aromatic N) is 2. The summed E-state index contributed by atoms with van der Waals surface area (Å²) in [6.07, 6.45) is 3.06. The first-order chi connectivity index (χ1) is 10.1. The van der Waals surface area contributed by atoms with E-state index in [1.807, 2.05) is 0 Å². The Morgan fingerprint density at radius 1 is 1.33 bits per heavy atom. The molecule has 7 nitrogen and oxygen atoms in total. The van der Waals surface area contributed by atoms with Crippen LogP contribution < -0.4 is 10.6 Å². The van der Waals surface area contributed by atoms with Gasteiger partial charge in [-0.2, -0.15) is 0 Å². The van der Waals surface area contributed by atoms with E-state index in [4.69, 9.17) is 0 Å². The summed E-state index contributed by atoms with van der Waals surface area (Å²) in [7, 11) is 1.69. The first-order valence-corrected chi connectivity index (χ1v) is 6.25. The lowest BCUT2D eigenvalue weighted by Gasteiger charge is -2.09. The smallest absolute Gasteiger partial charge is 0.274 e. The predicted octanol–water partition coefficient (Wildman–Crippen LogP) is 1.96. The molecule has 0 saturated heterocycles. The maximum atomic E-state index is 12.1. The summed E-state index contributed by atoms with van der Waals surface area (Å²) in [6.45, 7) is 0.0848. The number of nitro groups is 1. The Balaban J connectivity index is 2.13. The van der Waals surface area contributed by atoms with Gasteiger partial charge in [0.05, 0.1) is 22.4 Å². The molecule has 0 aliphatic rings. The molecule has 21 heavy (non-hydrogen) atoms. The summed E-state index contributed by atoms with van der Waals surface area (Å²) >= 11 is 0. The number of aromatic nitrogens is 1. The first-order valence-electron chi connectivity index (χ1n) is 6.25. The highest BCUT2D eigenvalue weighted by Gasteiger charge is 2.15. The van der Waals surface area contributed by atoms with Gasteiger partial charge in [-0.05, 0) is 6.07 Å². The van der Waals surface area contributed by atoms with Crippen LogP contribution in [0.3, 0.4) is 0 Å². The monoisotopic (exact) mass is 286 g/mol. The number of nitrogens with one attached hydrogen (secondary N) is 2. The molecule has 2 rings (SSSR count). The highest BCUT2D eigenvalue weighted by molar-refractivity contribution is 5.99. The van der Waals surface area contributed by atoms with Crippen LogP contribution in [0.4, 0.5) is 11.4 Å².